The van der Waals surface area contributed by atoms with Gasteiger partial charge in [0.2, 0.25) is 11.9 Å². The van der Waals surface area contributed by atoms with Crippen LogP contribution in [0.25, 0.3) is 22.2 Å². The van der Waals surface area contributed by atoms with Crippen LogP contribution in [0.3, 0.4) is 0 Å². The minimum Gasteiger partial charge on any atom is -0.355 e. The fourth-order valence-corrected chi connectivity index (χ4v) is 7.80. The van der Waals surface area contributed by atoms with Crippen molar-refractivity contribution in [3.63, 3.8) is 0 Å². The molecule has 0 aliphatic carbocycles. The predicted molar refractivity (Wildman–Crippen MR) is 172 cm³/mol. The minimum atomic E-state index is -0.0156. The number of fused-ring (bicyclic) bond motifs is 1. The fraction of sp³-hybridized carbons (Fsp3) is 0.545. The van der Waals surface area contributed by atoms with Gasteiger partial charge >= 0.3 is 0 Å². The Kier molecular flexibility index (Phi) is 7.29. The monoisotopic (exact) mass is 594 g/mol. The smallest absolute Gasteiger partial charge is 0.245 e. The maximum absolute atomic E-state index is 12.2. The topological polar surface area (TPSA) is 101 Å². The van der Waals surface area contributed by atoms with E-state index < -0.39 is 0 Å². The Balaban J connectivity index is 1.25. The van der Waals surface area contributed by atoms with Gasteiger partial charge in [-0.25, -0.2) is 4.98 Å². The number of rotatable bonds is 5. The molecular weight excluding hydrogens is 552 g/mol. The highest BCUT2D eigenvalue weighted by Crippen LogP contribution is 2.44. The van der Waals surface area contributed by atoms with E-state index in [4.69, 9.17) is 9.97 Å². The Morgan fingerprint density at radius 1 is 1.02 bits per heavy atom. The molecule has 6 heterocycles. The Bertz CT molecular complexity index is 1630. The molecule has 0 N–H and O–H groups in total. The first kappa shape index (κ1) is 28.7. The Morgan fingerprint density at radius 3 is 2.48 bits per heavy atom. The number of aryl methyl sites for hydroxylation is 2. The van der Waals surface area contributed by atoms with Gasteiger partial charge < -0.3 is 19.6 Å². The summed E-state index contributed by atoms with van der Waals surface area (Å²) in [5.74, 6) is 1.39. The molecule has 1 amide bonds. The number of carbonyl (C=O) groups is 1. The average molecular weight is 595 g/mol. The molecule has 0 bridgehead atoms. The number of anilines is 2. The lowest BCUT2D eigenvalue weighted by Crippen LogP contribution is -2.59. The zero-order valence-electron chi connectivity index (χ0n) is 26.2. The second-order valence-electron chi connectivity index (χ2n) is 13.3. The summed E-state index contributed by atoms with van der Waals surface area (Å²) in [4.78, 5) is 34.1. The number of likely N-dealkylation sites (N-methyl/N-ethyl adjacent to an activating group) is 1. The number of nitrogens with zero attached hydrogens (tertiary/aromatic N) is 10. The van der Waals surface area contributed by atoms with Crippen molar-refractivity contribution in [2.75, 3.05) is 82.3 Å². The molecule has 4 aliphatic rings. The van der Waals surface area contributed by atoms with Crippen LogP contribution in [0.2, 0.25) is 0 Å². The highest BCUT2D eigenvalue weighted by Gasteiger charge is 2.49. The van der Waals surface area contributed by atoms with Crippen molar-refractivity contribution in [3.05, 3.63) is 42.1 Å². The number of likely N-dealkylation sites (tertiary alicyclic amines) is 1. The maximum atomic E-state index is 12.2. The largest absolute Gasteiger partial charge is 0.355 e. The molecule has 4 aliphatic heterocycles. The zero-order valence-corrected chi connectivity index (χ0v) is 26.2. The van der Waals surface area contributed by atoms with Crippen molar-refractivity contribution in [2.24, 2.45) is 12.5 Å². The molecule has 1 spiro atoms. The van der Waals surface area contributed by atoms with Gasteiger partial charge in [0.25, 0.3) is 0 Å². The number of piperazine rings is 1. The van der Waals surface area contributed by atoms with E-state index in [1.165, 1.54) is 6.08 Å². The first-order chi connectivity index (χ1) is 21.3. The summed E-state index contributed by atoms with van der Waals surface area (Å²) in [6, 6.07) is 7.28. The molecule has 0 radical (unpaired) electrons. The molecule has 11 heteroatoms. The number of amides is 1. The second kappa shape index (κ2) is 11.2. The molecular formula is C33H42N10O. The van der Waals surface area contributed by atoms with Crippen molar-refractivity contribution in [2.45, 2.75) is 32.2 Å². The number of hydrogen-bond acceptors (Lipinski definition) is 9. The summed E-state index contributed by atoms with van der Waals surface area (Å²) in [5, 5.41) is 16.2. The van der Waals surface area contributed by atoms with Gasteiger partial charge in [0, 0.05) is 94.9 Å². The quantitative estimate of drug-likeness (QED) is 0.413. The lowest BCUT2D eigenvalue weighted by atomic mass is 9.79. The van der Waals surface area contributed by atoms with Crippen LogP contribution in [-0.2, 0) is 11.8 Å². The maximum Gasteiger partial charge on any atom is 0.245 e. The van der Waals surface area contributed by atoms with Crippen molar-refractivity contribution < 1.29 is 4.79 Å². The van der Waals surface area contributed by atoms with E-state index in [9.17, 15) is 10.1 Å². The van der Waals surface area contributed by atoms with E-state index in [1.54, 1.807) is 0 Å². The van der Waals surface area contributed by atoms with E-state index in [0.29, 0.717) is 42.2 Å². The van der Waals surface area contributed by atoms with E-state index in [-0.39, 0.29) is 11.3 Å². The summed E-state index contributed by atoms with van der Waals surface area (Å²) < 4.78 is 1.88. The van der Waals surface area contributed by atoms with Crippen LogP contribution in [0.15, 0.2) is 31.0 Å². The highest BCUT2D eigenvalue weighted by atomic mass is 16.2. The summed E-state index contributed by atoms with van der Waals surface area (Å²) in [6.07, 6.45) is 6.38. The molecule has 4 saturated heterocycles. The van der Waals surface area contributed by atoms with Gasteiger partial charge in [0.15, 0.2) is 5.82 Å². The van der Waals surface area contributed by atoms with Gasteiger partial charge in [-0.15, -0.1) is 0 Å². The van der Waals surface area contributed by atoms with Gasteiger partial charge in [-0.1, -0.05) is 18.7 Å². The molecule has 0 atom stereocenters. The average Bonchev–Trinajstić information content (AvgIpc) is 3.64. The van der Waals surface area contributed by atoms with E-state index in [0.717, 1.165) is 93.7 Å². The molecule has 3 aromatic rings. The van der Waals surface area contributed by atoms with Crippen LogP contribution < -0.4 is 9.80 Å². The molecule has 11 nitrogen and oxygen atoms in total. The van der Waals surface area contributed by atoms with Crippen molar-refractivity contribution in [3.8, 4) is 17.3 Å². The lowest BCUT2D eigenvalue weighted by molar-refractivity contribution is -0.136. The van der Waals surface area contributed by atoms with E-state index in [2.05, 4.69) is 63.5 Å². The van der Waals surface area contributed by atoms with Gasteiger partial charge in [-0.2, -0.15) is 15.3 Å². The van der Waals surface area contributed by atoms with Crippen LogP contribution in [0.1, 0.15) is 30.4 Å². The third-order valence-electron chi connectivity index (χ3n) is 10.4. The normalized spacial score (nSPS) is 21.2. The summed E-state index contributed by atoms with van der Waals surface area (Å²) in [6.45, 7) is 15.0. The Hall–Kier alpha value is -4.01. The van der Waals surface area contributed by atoms with Crippen molar-refractivity contribution >= 4 is 28.6 Å². The van der Waals surface area contributed by atoms with Crippen molar-refractivity contribution in [1.29, 1.82) is 5.26 Å². The SMILES string of the molecule is C=CC(=O)N1CC2(CCN(c3nc(N4CCC(N5CCN(C)CC5)CC4)nc(-c4c(C)ccc5cnn(C)c45)c3C#N)C2)C1. The van der Waals surface area contributed by atoms with Gasteiger partial charge in [0.1, 0.15) is 11.6 Å². The van der Waals surface area contributed by atoms with Crippen molar-refractivity contribution in [1.82, 2.24) is 34.4 Å². The predicted octanol–water partition coefficient (Wildman–Crippen LogP) is 2.65. The van der Waals surface area contributed by atoms with Crippen LogP contribution in [0, 0.1) is 23.7 Å². The third kappa shape index (κ3) is 4.90. The number of benzene rings is 1. The molecule has 0 unspecified atom stereocenters. The number of aromatic nitrogens is 4. The highest BCUT2D eigenvalue weighted by molar-refractivity contribution is 5.97. The number of carbonyl (C=O) groups excluding carboxylic acids is 1. The molecule has 1 aromatic carbocycles. The Morgan fingerprint density at radius 2 is 1.77 bits per heavy atom. The van der Waals surface area contributed by atoms with Gasteiger partial charge in [-0.3, -0.25) is 14.4 Å². The number of piperidine rings is 1. The third-order valence-corrected chi connectivity index (χ3v) is 10.4. The Labute approximate surface area is 259 Å². The first-order valence-electron chi connectivity index (χ1n) is 15.9. The minimum absolute atomic E-state index is 0.0156. The number of nitriles is 1. The van der Waals surface area contributed by atoms with Gasteiger partial charge in [0.05, 0.1) is 17.4 Å². The van der Waals surface area contributed by atoms with Crippen LogP contribution in [-0.4, -0.2) is 119 Å². The first-order valence-corrected chi connectivity index (χ1v) is 15.9. The molecule has 0 saturated carbocycles. The number of hydrogen-bond donors (Lipinski definition) is 0. The van der Waals surface area contributed by atoms with Crippen LogP contribution in [0.5, 0.6) is 0 Å². The summed E-state index contributed by atoms with van der Waals surface area (Å²) in [5.41, 5.74) is 4.18. The standard InChI is InChI=1S/C33H42N10O/c1-5-27(44)43-21-33(22-43)10-13-42(20-33)31-26(18-34)29(28-23(2)6-7-24-19-35-39(4)30(24)28)36-32(37-31)41-11-8-25(9-12-41)40-16-14-38(3)15-17-40/h5-7,19,25H,1,8-17,20-22H2,2-4H3. The molecule has 230 valence electrons. The van der Waals surface area contributed by atoms with Gasteiger partial charge in [-0.05, 0) is 44.9 Å². The summed E-state index contributed by atoms with van der Waals surface area (Å²) in [7, 11) is 4.15. The molecule has 2 aromatic heterocycles. The molecule has 4 fully saturated rings. The van der Waals surface area contributed by atoms with E-state index >= 15 is 0 Å². The zero-order chi connectivity index (χ0) is 30.6. The molecule has 7 rings (SSSR count). The summed E-state index contributed by atoms with van der Waals surface area (Å²) >= 11 is 0. The fourth-order valence-electron chi connectivity index (χ4n) is 7.80. The van der Waals surface area contributed by atoms with E-state index in [1.807, 2.05) is 22.8 Å². The second-order valence-corrected chi connectivity index (χ2v) is 13.3. The van der Waals surface area contributed by atoms with Crippen LogP contribution >= 0.6 is 0 Å². The van der Waals surface area contributed by atoms with Crippen LogP contribution in [0.4, 0.5) is 11.8 Å². The molecule has 44 heavy (non-hydrogen) atoms. The lowest BCUT2D eigenvalue weighted by Gasteiger charge is -2.47.